The Labute approximate surface area is 159 Å². The number of hydrogen-bond donors (Lipinski definition) is 0. The molecule has 2 heterocycles. The Bertz CT molecular complexity index is 972. The predicted octanol–water partition coefficient (Wildman–Crippen LogP) is 3.34. The fourth-order valence-corrected chi connectivity index (χ4v) is 6.72. The Morgan fingerprint density at radius 3 is 2.56 bits per heavy atom. The largest absolute Gasteiger partial charge is 0.301 e. The topological polar surface area (TPSA) is 40.6 Å². The summed E-state index contributed by atoms with van der Waals surface area (Å²) in [5.74, 6) is 0.469. The minimum absolute atomic E-state index is 0.272. The third-order valence-electron chi connectivity index (χ3n) is 6.21. The highest BCUT2D eigenvalue weighted by molar-refractivity contribution is 7.89. The second-order valence-corrected chi connectivity index (χ2v) is 9.93. The Balaban J connectivity index is 1.55. The molecule has 0 radical (unpaired) electrons. The van der Waals surface area contributed by atoms with Crippen molar-refractivity contribution in [3.05, 3.63) is 65.5 Å². The first-order valence-corrected chi connectivity index (χ1v) is 11.0. The third kappa shape index (κ3) is 2.82. The van der Waals surface area contributed by atoms with E-state index in [1.165, 1.54) is 25.0 Å². The van der Waals surface area contributed by atoms with Crippen LogP contribution in [0.2, 0.25) is 0 Å². The molecule has 1 spiro atoms. The molecule has 2 aromatic rings. The van der Waals surface area contributed by atoms with Gasteiger partial charge >= 0.3 is 0 Å². The summed E-state index contributed by atoms with van der Waals surface area (Å²) in [4.78, 5) is 2.85. The molecule has 0 bridgehead atoms. The van der Waals surface area contributed by atoms with E-state index >= 15 is 0 Å². The van der Waals surface area contributed by atoms with E-state index in [2.05, 4.69) is 4.90 Å². The smallest absolute Gasteiger partial charge is 0.244 e. The van der Waals surface area contributed by atoms with Crippen LogP contribution in [-0.4, -0.2) is 37.3 Å². The number of nitrogens with zero attached hydrogens (tertiary/aromatic N) is 2. The first-order chi connectivity index (χ1) is 13.0. The van der Waals surface area contributed by atoms with Crippen LogP contribution in [0.5, 0.6) is 0 Å². The van der Waals surface area contributed by atoms with Gasteiger partial charge in [0, 0.05) is 26.2 Å². The Morgan fingerprint density at radius 1 is 1.07 bits per heavy atom. The van der Waals surface area contributed by atoms with Gasteiger partial charge in [0.15, 0.2) is 0 Å². The van der Waals surface area contributed by atoms with Gasteiger partial charge in [-0.1, -0.05) is 30.3 Å². The molecule has 1 saturated heterocycles. The Hall–Kier alpha value is -1.76. The summed E-state index contributed by atoms with van der Waals surface area (Å²) in [6, 6.07) is 13.6. The Kier molecular flexibility index (Phi) is 3.93. The van der Waals surface area contributed by atoms with E-state index in [1.807, 2.05) is 12.1 Å². The zero-order chi connectivity index (χ0) is 18.6. The lowest BCUT2D eigenvalue weighted by molar-refractivity contribution is 0.184. The van der Waals surface area contributed by atoms with Crippen molar-refractivity contribution in [1.82, 2.24) is 9.21 Å². The number of benzene rings is 2. The molecular formula is C21H23FN2O2S. The molecule has 0 N–H and O–H groups in total. The highest BCUT2D eigenvalue weighted by atomic mass is 32.2. The summed E-state index contributed by atoms with van der Waals surface area (Å²) >= 11 is 0. The quantitative estimate of drug-likeness (QED) is 0.809. The van der Waals surface area contributed by atoms with Gasteiger partial charge in [0.05, 0.1) is 10.4 Å². The van der Waals surface area contributed by atoms with Gasteiger partial charge < -0.3 is 4.90 Å². The molecule has 1 aliphatic carbocycles. The molecule has 2 fully saturated rings. The van der Waals surface area contributed by atoms with Crippen LogP contribution in [0.1, 0.15) is 30.4 Å². The van der Waals surface area contributed by atoms with Crippen LogP contribution in [0, 0.1) is 11.7 Å². The summed E-state index contributed by atoms with van der Waals surface area (Å²) in [5, 5.41) is 0. The highest BCUT2D eigenvalue weighted by Gasteiger charge is 2.56. The summed E-state index contributed by atoms with van der Waals surface area (Å²) in [6.07, 6.45) is 3.38. The average Bonchev–Trinajstić information content (AvgIpc) is 3.34. The zero-order valence-electron chi connectivity index (χ0n) is 15.1. The molecule has 0 amide bonds. The summed E-state index contributed by atoms with van der Waals surface area (Å²) < 4.78 is 41.8. The predicted molar refractivity (Wildman–Crippen MR) is 101 cm³/mol. The lowest BCUT2D eigenvalue weighted by Gasteiger charge is -2.34. The first-order valence-electron chi connectivity index (χ1n) is 9.58. The molecule has 4 nitrogen and oxygen atoms in total. The van der Waals surface area contributed by atoms with E-state index in [4.69, 9.17) is 0 Å². The number of hydrogen-bond acceptors (Lipinski definition) is 3. The molecule has 5 rings (SSSR count). The van der Waals surface area contributed by atoms with Crippen LogP contribution < -0.4 is 0 Å². The maximum Gasteiger partial charge on any atom is 0.244 e. The highest BCUT2D eigenvalue weighted by Crippen LogP contribution is 2.50. The van der Waals surface area contributed by atoms with Crippen LogP contribution in [-0.2, 0) is 22.1 Å². The van der Waals surface area contributed by atoms with Gasteiger partial charge in [-0.25, -0.2) is 12.8 Å². The molecule has 2 aromatic carbocycles. The molecule has 1 atom stereocenters. The standard InChI is InChI=1S/C21H23FN2O2S/c22-18-9-7-17(8-10-18)14-24-21(11-12-23(15-21)13-16-5-6-16)19-3-1-2-4-20(19)27(24,25)26/h1-4,7-10,16H,5-6,11-15H2. The van der Waals surface area contributed by atoms with Gasteiger partial charge in [-0.15, -0.1) is 0 Å². The van der Waals surface area contributed by atoms with Crippen LogP contribution in [0.4, 0.5) is 4.39 Å². The fraction of sp³-hybridized carbons (Fsp3) is 0.429. The maximum atomic E-state index is 13.4. The number of rotatable bonds is 4. The van der Waals surface area contributed by atoms with Crippen molar-refractivity contribution in [2.45, 2.75) is 36.2 Å². The average molecular weight is 386 g/mol. The van der Waals surface area contributed by atoms with Crippen molar-refractivity contribution < 1.29 is 12.8 Å². The van der Waals surface area contributed by atoms with E-state index in [1.54, 1.807) is 28.6 Å². The number of likely N-dealkylation sites (tertiary alicyclic amines) is 1. The molecule has 6 heteroatoms. The van der Waals surface area contributed by atoms with Gasteiger partial charge in [0.25, 0.3) is 0 Å². The van der Waals surface area contributed by atoms with Gasteiger partial charge in [-0.3, -0.25) is 0 Å². The van der Waals surface area contributed by atoms with Crippen molar-refractivity contribution in [3.8, 4) is 0 Å². The monoisotopic (exact) mass is 386 g/mol. The maximum absolute atomic E-state index is 13.4. The molecule has 0 aromatic heterocycles. The van der Waals surface area contributed by atoms with Gasteiger partial charge in [0.1, 0.15) is 5.82 Å². The lowest BCUT2D eigenvalue weighted by atomic mass is 9.88. The SMILES string of the molecule is O=S1(=O)c2ccccc2C2(CCN(CC3CC3)C2)N1Cc1ccc(F)cc1. The molecule has 142 valence electrons. The second kappa shape index (κ2) is 6.12. The van der Waals surface area contributed by atoms with Gasteiger partial charge in [-0.05, 0) is 54.5 Å². The van der Waals surface area contributed by atoms with E-state index in [0.29, 0.717) is 4.90 Å². The normalized spacial score (nSPS) is 27.3. The van der Waals surface area contributed by atoms with E-state index in [9.17, 15) is 12.8 Å². The summed E-state index contributed by atoms with van der Waals surface area (Å²) in [7, 11) is -3.57. The molecule has 1 saturated carbocycles. The van der Waals surface area contributed by atoms with Crippen molar-refractivity contribution in [3.63, 3.8) is 0 Å². The molecule has 27 heavy (non-hydrogen) atoms. The molecule has 3 aliphatic rings. The lowest BCUT2D eigenvalue weighted by Crippen LogP contribution is -2.45. The van der Waals surface area contributed by atoms with Crippen molar-refractivity contribution in [1.29, 1.82) is 0 Å². The van der Waals surface area contributed by atoms with Crippen LogP contribution >= 0.6 is 0 Å². The van der Waals surface area contributed by atoms with Gasteiger partial charge in [0.2, 0.25) is 10.0 Å². The fourth-order valence-electron chi connectivity index (χ4n) is 4.67. The van der Waals surface area contributed by atoms with Crippen LogP contribution in [0.25, 0.3) is 0 Å². The van der Waals surface area contributed by atoms with Gasteiger partial charge in [-0.2, -0.15) is 4.31 Å². The van der Waals surface area contributed by atoms with Crippen molar-refractivity contribution in [2.24, 2.45) is 5.92 Å². The molecular weight excluding hydrogens is 363 g/mol. The number of halogens is 1. The minimum Gasteiger partial charge on any atom is -0.301 e. The number of sulfonamides is 1. The van der Waals surface area contributed by atoms with E-state index < -0.39 is 15.6 Å². The van der Waals surface area contributed by atoms with Crippen LogP contribution in [0.15, 0.2) is 53.4 Å². The number of fused-ring (bicyclic) bond motifs is 2. The van der Waals surface area contributed by atoms with E-state index in [0.717, 1.165) is 43.1 Å². The van der Waals surface area contributed by atoms with E-state index in [-0.39, 0.29) is 12.4 Å². The Morgan fingerprint density at radius 2 is 1.81 bits per heavy atom. The molecule has 2 aliphatic heterocycles. The first kappa shape index (κ1) is 17.3. The third-order valence-corrected chi connectivity index (χ3v) is 8.18. The second-order valence-electron chi connectivity index (χ2n) is 8.09. The summed E-state index contributed by atoms with van der Waals surface area (Å²) in [5.41, 5.74) is 1.22. The van der Waals surface area contributed by atoms with Crippen molar-refractivity contribution >= 4 is 10.0 Å². The minimum atomic E-state index is -3.57. The summed E-state index contributed by atoms with van der Waals surface area (Å²) in [6.45, 7) is 2.99. The molecule has 1 unspecified atom stereocenters. The van der Waals surface area contributed by atoms with Crippen LogP contribution in [0.3, 0.4) is 0 Å². The zero-order valence-corrected chi connectivity index (χ0v) is 16.0. The van der Waals surface area contributed by atoms with Crippen molar-refractivity contribution in [2.75, 3.05) is 19.6 Å².